The van der Waals surface area contributed by atoms with Crippen molar-refractivity contribution in [2.75, 3.05) is 11.1 Å². The lowest BCUT2D eigenvalue weighted by Crippen LogP contribution is -2.18. The second kappa shape index (κ2) is 4.99. The third-order valence-corrected chi connectivity index (χ3v) is 4.05. The molecule has 0 fully saturated rings. The molecule has 0 atom stereocenters. The first-order valence-electron chi connectivity index (χ1n) is 4.79. The smallest absolute Gasteiger partial charge is 0.168 e. The van der Waals surface area contributed by atoms with E-state index >= 15 is 0 Å². The number of thiazole rings is 1. The van der Waals surface area contributed by atoms with Gasteiger partial charge in [0, 0.05) is 5.69 Å². The van der Waals surface area contributed by atoms with Crippen LogP contribution >= 0.6 is 35.3 Å². The quantitative estimate of drug-likeness (QED) is 0.662. The predicted octanol–water partition coefficient (Wildman–Crippen LogP) is 3.06. The van der Waals surface area contributed by atoms with Gasteiger partial charge in [-0.1, -0.05) is 18.7 Å². The Labute approximate surface area is 107 Å². The van der Waals surface area contributed by atoms with Gasteiger partial charge in [-0.25, -0.2) is 4.98 Å². The maximum Gasteiger partial charge on any atom is 0.168 e. The number of hydrogen-bond donors (Lipinski definition) is 2. The van der Waals surface area contributed by atoms with Gasteiger partial charge in [0.25, 0.3) is 0 Å². The van der Waals surface area contributed by atoms with Crippen LogP contribution in [-0.2, 0) is 0 Å². The minimum absolute atomic E-state index is 0.284. The molecule has 16 heavy (non-hydrogen) atoms. The highest BCUT2D eigenvalue weighted by Gasteiger charge is 2.04. The lowest BCUT2D eigenvalue weighted by Gasteiger charge is -2.01. The molecular weight excluding hydrogens is 258 g/mol. The molecule has 0 saturated heterocycles. The van der Waals surface area contributed by atoms with Gasteiger partial charge in [0.05, 0.1) is 10.2 Å². The highest BCUT2D eigenvalue weighted by Crippen LogP contribution is 2.30. The molecule has 2 rings (SSSR count). The first-order valence-corrected chi connectivity index (χ1v) is 7.00. The van der Waals surface area contributed by atoms with Gasteiger partial charge in [-0.2, -0.15) is 0 Å². The van der Waals surface area contributed by atoms with E-state index in [0.29, 0.717) is 0 Å². The van der Waals surface area contributed by atoms with Gasteiger partial charge in [-0.15, -0.1) is 11.3 Å². The molecule has 2 aromatic rings. The van der Waals surface area contributed by atoms with Gasteiger partial charge in [0.1, 0.15) is 0 Å². The van der Waals surface area contributed by atoms with E-state index in [9.17, 15) is 0 Å². The van der Waals surface area contributed by atoms with Crippen LogP contribution in [0.2, 0.25) is 0 Å². The van der Waals surface area contributed by atoms with Gasteiger partial charge in [0.15, 0.2) is 9.45 Å². The van der Waals surface area contributed by atoms with Gasteiger partial charge in [-0.05, 0) is 36.2 Å². The molecule has 6 heteroatoms. The molecule has 0 aliphatic rings. The number of benzene rings is 1. The van der Waals surface area contributed by atoms with Crippen molar-refractivity contribution >= 4 is 56.3 Å². The van der Waals surface area contributed by atoms with Crippen LogP contribution < -0.4 is 11.1 Å². The number of nitrogens with one attached hydrogen (secondary N) is 1. The minimum Gasteiger partial charge on any atom is -0.376 e. The van der Waals surface area contributed by atoms with Crippen LogP contribution in [0.5, 0.6) is 0 Å². The normalized spacial score (nSPS) is 10.6. The zero-order chi connectivity index (χ0) is 11.5. The fraction of sp³-hybridized carbons (Fsp3) is 0.200. The average molecular weight is 269 g/mol. The molecular formula is C10H11N3S3. The van der Waals surface area contributed by atoms with Crippen LogP contribution in [0.1, 0.15) is 6.92 Å². The van der Waals surface area contributed by atoms with Crippen LogP contribution in [0.25, 0.3) is 10.2 Å². The lowest BCUT2D eigenvalue weighted by molar-refractivity contribution is 1.30. The Morgan fingerprint density at radius 2 is 2.44 bits per heavy atom. The maximum absolute atomic E-state index is 5.43. The zero-order valence-corrected chi connectivity index (χ0v) is 11.1. The molecule has 0 aliphatic carbocycles. The lowest BCUT2D eigenvalue weighted by atomic mass is 10.3. The number of rotatable bonds is 3. The van der Waals surface area contributed by atoms with Crippen molar-refractivity contribution in [1.29, 1.82) is 0 Å². The Morgan fingerprint density at radius 1 is 1.62 bits per heavy atom. The summed E-state index contributed by atoms with van der Waals surface area (Å²) in [6.07, 6.45) is 0. The SMILES string of the molecule is CCSc1nc2ccc(NC(N)=S)cc2s1. The number of thiocarbonyl (C=S) groups is 1. The zero-order valence-electron chi connectivity index (χ0n) is 8.69. The molecule has 1 aromatic carbocycles. The average Bonchev–Trinajstić information content (AvgIpc) is 2.59. The van der Waals surface area contributed by atoms with Gasteiger partial charge < -0.3 is 11.1 Å². The molecule has 3 nitrogen and oxygen atoms in total. The molecule has 0 bridgehead atoms. The number of thioether (sulfide) groups is 1. The summed E-state index contributed by atoms with van der Waals surface area (Å²) in [7, 11) is 0. The fourth-order valence-electron chi connectivity index (χ4n) is 1.31. The predicted molar refractivity (Wildman–Crippen MR) is 76.4 cm³/mol. The van der Waals surface area contributed by atoms with E-state index in [4.69, 9.17) is 18.0 Å². The summed E-state index contributed by atoms with van der Waals surface area (Å²) < 4.78 is 2.25. The standard InChI is InChI=1S/C10H11N3S3/c1-2-15-10-13-7-4-3-6(12-9(11)14)5-8(7)16-10/h3-5H,2H2,1H3,(H3,11,12,14). The number of nitrogens with zero attached hydrogens (tertiary/aromatic N) is 1. The summed E-state index contributed by atoms with van der Waals surface area (Å²) in [5.41, 5.74) is 7.36. The largest absolute Gasteiger partial charge is 0.376 e. The maximum atomic E-state index is 5.43. The third kappa shape index (κ3) is 2.63. The number of aromatic nitrogens is 1. The number of nitrogens with two attached hydrogens (primary N) is 1. The van der Waals surface area contributed by atoms with Crippen molar-refractivity contribution in [2.24, 2.45) is 5.73 Å². The molecule has 1 heterocycles. The van der Waals surface area contributed by atoms with Crippen LogP contribution in [0, 0.1) is 0 Å². The Kier molecular flexibility index (Phi) is 3.63. The highest BCUT2D eigenvalue weighted by molar-refractivity contribution is 8.01. The van der Waals surface area contributed by atoms with Crippen molar-refractivity contribution in [2.45, 2.75) is 11.3 Å². The Hall–Kier alpha value is -0.850. The molecule has 0 unspecified atom stereocenters. The van der Waals surface area contributed by atoms with E-state index in [2.05, 4.69) is 17.2 Å². The summed E-state index contributed by atoms with van der Waals surface area (Å²) in [6.45, 7) is 2.12. The van der Waals surface area contributed by atoms with E-state index in [1.165, 1.54) is 0 Å². The molecule has 0 radical (unpaired) electrons. The number of anilines is 1. The molecule has 3 N–H and O–H groups in total. The summed E-state index contributed by atoms with van der Waals surface area (Å²) >= 11 is 8.25. The number of hydrogen-bond acceptors (Lipinski definition) is 4. The summed E-state index contributed by atoms with van der Waals surface area (Å²) in [6, 6.07) is 5.93. The van der Waals surface area contributed by atoms with Crippen molar-refractivity contribution in [3.8, 4) is 0 Å². The van der Waals surface area contributed by atoms with Crippen LogP contribution in [-0.4, -0.2) is 15.8 Å². The first-order chi connectivity index (χ1) is 7.69. The molecule has 84 valence electrons. The summed E-state index contributed by atoms with van der Waals surface area (Å²) in [5.74, 6) is 1.04. The topological polar surface area (TPSA) is 50.9 Å². The van der Waals surface area contributed by atoms with E-state index in [1.807, 2.05) is 18.2 Å². The van der Waals surface area contributed by atoms with Crippen LogP contribution in [0.4, 0.5) is 5.69 Å². The van der Waals surface area contributed by atoms with Crippen LogP contribution in [0.3, 0.4) is 0 Å². The molecule has 1 aromatic heterocycles. The van der Waals surface area contributed by atoms with E-state index in [1.54, 1.807) is 23.1 Å². The van der Waals surface area contributed by atoms with Crippen LogP contribution in [0.15, 0.2) is 22.5 Å². The van der Waals surface area contributed by atoms with E-state index in [-0.39, 0.29) is 5.11 Å². The van der Waals surface area contributed by atoms with E-state index in [0.717, 1.165) is 26.0 Å². The molecule has 0 spiro atoms. The monoisotopic (exact) mass is 269 g/mol. The molecule has 0 aliphatic heterocycles. The Morgan fingerprint density at radius 3 is 3.12 bits per heavy atom. The fourth-order valence-corrected chi connectivity index (χ4v) is 3.43. The molecule has 0 saturated carbocycles. The highest BCUT2D eigenvalue weighted by atomic mass is 32.2. The van der Waals surface area contributed by atoms with Crippen molar-refractivity contribution in [3.63, 3.8) is 0 Å². The first kappa shape index (κ1) is 11.6. The van der Waals surface area contributed by atoms with Crippen molar-refractivity contribution < 1.29 is 0 Å². The molecule has 0 amide bonds. The van der Waals surface area contributed by atoms with Crippen molar-refractivity contribution in [3.05, 3.63) is 18.2 Å². The number of fused-ring (bicyclic) bond motifs is 1. The van der Waals surface area contributed by atoms with Gasteiger partial charge >= 0.3 is 0 Å². The van der Waals surface area contributed by atoms with Gasteiger partial charge in [-0.3, -0.25) is 0 Å². The third-order valence-electron chi connectivity index (χ3n) is 1.90. The van der Waals surface area contributed by atoms with Crippen molar-refractivity contribution in [1.82, 2.24) is 4.98 Å². The second-order valence-corrected chi connectivity index (χ2v) is 6.07. The van der Waals surface area contributed by atoms with Gasteiger partial charge in [0.2, 0.25) is 0 Å². The summed E-state index contributed by atoms with van der Waals surface area (Å²) in [4.78, 5) is 4.51. The summed E-state index contributed by atoms with van der Waals surface area (Å²) in [5, 5.41) is 3.20. The minimum atomic E-state index is 0.284. The van der Waals surface area contributed by atoms with E-state index < -0.39 is 0 Å². The second-order valence-electron chi connectivity index (χ2n) is 3.08. The Balaban J connectivity index is 2.33. The Bertz CT molecular complexity index is 521.